The maximum absolute atomic E-state index is 12.6. The Hall–Kier alpha value is -0.930. The zero-order valence-corrected chi connectivity index (χ0v) is 6.94. The maximum Gasteiger partial charge on any atom is 0.176 e. The van der Waals surface area contributed by atoms with Crippen LogP contribution in [0.25, 0.3) is 0 Å². The summed E-state index contributed by atoms with van der Waals surface area (Å²) in [5, 5.41) is -0.0608. The molecule has 0 aliphatic rings. The molecule has 1 rings (SSSR count). The average molecular weight is 188 g/mol. The molecule has 0 unspecified atom stereocenters. The van der Waals surface area contributed by atoms with Gasteiger partial charge in [0.15, 0.2) is 5.78 Å². The molecule has 0 radical (unpaired) electrons. The number of ketones is 1. The summed E-state index contributed by atoms with van der Waals surface area (Å²) >= 11 is 5.45. The van der Waals surface area contributed by atoms with Gasteiger partial charge in [-0.25, -0.2) is 4.39 Å². The van der Waals surface area contributed by atoms with Gasteiger partial charge in [0.05, 0.1) is 11.6 Å². The van der Waals surface area contributed by atoms with E-state index in [0.29, 0.717) is 5.56 Å². The lowest BCUT2D eigenvalue weighted by Crippen LogP contribution is -2.13. The number of rotatable bonds is 2. The standard InChI is InChI=1S/C8H7ClFNO/c9-6-3-5(8(12)4-11)1-2-7(6)10/h1-3H,4,11H2. The van der Waals surface area contributed by atoms with Crippen molar-refractivity contribution in [3.63, 3.8) is 0 Å². The van der Waals surface area contributed by atoms with Crippen LogP contribution in [0.3, 0.4) is 0 Å². The van der Waals surface area contributed by atoms with Crippen LogP contribution >= 0.6 is 11.6 Å². The van der Waals surface area contributed by atoms with Crippen LogP contribution in [0, 0.1) is 5.82 Å². The molecular formula is C8H7ClFNO. The van der Waals surface area contributed by atoms with Gasteiger partial charge in [-0.15, -0.1) is 0 Å². The lowest BCUT2D eigenvalue weighted by atomic mass is 10.1. The third-order valence-corrected chi connectivity index (χ3v) is 1.72. The highest BCUT2D eigenvalue weighted by Gasteiger charge is 2.05. The first kappa shape index (κ1) is 9.16. The summed E-state index contributed by atoms with van der Waals surface area (Å²) in [6.45, 7) is -0.0953. The molecule has 0 aromatic heterocycles. The predicted octanol–water partition coefficient (Wildman–Crippen LogP) is 1.62. The van der Waals surface area contributed by atoms with Gasteiger partial charge in [0.1, 0.15) is 5.82 Å². The van der Waals surface area contributed by atoms with E-state index in [2.05, 4.69) is 0 Å². The number of carbonyl (C=O) groups excluding carboxylic acids is 1. The molecule has 64 valence electrons. The molecule has 1 aromatic rings. The zero-order chi connectivity index (χ0) is 9.14. The SMILES string of the molecule is NCC(=O)c1ccc(F)c(Cl)c1. The van der Waals surface area contributed by atoms with E-state index < -0.39 is 5.82 Å². The molecule has 12 heavy (non-hydrogen) atoms. The van der Waals surface area contributed by atoms with Gasteiger partial charge in [-0.2, -0.15) is 0 Å². The van der Waals surface area contributed by atoms with E-state index in [1.165, 1.54) is 12.1 Å². The summed E-state index contributed by atoms with van der Waals surface area (Å²) in [6.07, 6.45) is 0. The fraction of sp³-hybridized carbons (Fsp3) is 0.125. The molecule has 0 bridgehead atoms. The van der Waals surface area contributed by atoms with Gasteiger partial charge in [0.2, 0.25) is 0 Å². The largest absolute Gasteiger partial charge is 0.324 e. The first-order valence-corrected chi connectivity index (χ1v) is 3.71. The van der Waals surface area contributed by atoms with Crippen LogP contribution < -0.4 is 5.73 Å². The van der Waals surface area contributed by atoms with E-state index in [1.54, 1.807) is 0 Å². The number of benzene rings is 1. The Bertz CT molecular complexity index is 314. The Balaban J connectivity index is 3.05. The van der Waals surface area contributed by atoms with Gasteiger partial charge >= 0.3 is 0 Å². The minimum atomic E-state index is -0.537. The van der Waals surface area contributed by atoms with Crippen molar-refractivity contribution in [1.82, 2.24) is 0 Å². The second-order valence-corrected chi connectivity index (χ2v) is 2.66. The Morgan fingerprint density at radius 1 is 1.58 bits per heavy atom. The average Bonchev–Trinajstić information content (AvgIpc) is 2.08. The molecule has 4 heteroatoms. The molecular weight excluding hydrogens is 181 g/mol. The van der Waals surface area contributed by atoms with Crippen LogP contribution in [0.2, 0.25) is 5.02 Å². The molecule has 0 aliphatic carbocycles. The molecule has 0 spiro atoms. The van der Waals surface area contributed by atoms with Gasteiger partial charge in [-0.1, -0.05) is 11.6 Å². The monoisotopic (exact) mass is 187 g/mol. The van der Waals surface area contributed by atoms with Crippen LogP contribution in [-0.4, -0.2) is 12.3 Å². The van der Waals surface area contributed by atoms with E-state index in [-0.39, 0.29) is 17.4 Å². The fourth-order valence-electron chi connectivity index (χ4n) is 0.787. The lowest BCUT2D eigenvalue weighted by Gasteiger charge is -1.98. The summed E-state index contributed by atoms with van der Waals surface area (Å²) in [4.78, 5) is 11.0. The molecule has 2 N–H and O–H groups in total. The summed E-state index contributed by atoms with van der Waals surface area (Å²) < 4.78 is 12.6. The Kier molecular flexibility index (Phi) is 2.78. The first-order valence-electron chi connectivity index (χ1n) is 3.33. The smallest absolute Gasteiger partial charge is 0.176 e. The number of hydrogen-bond donors (Lipinski definition) is 1. The van der Waals surface area contributed by atoms with Crippen LogP contribution in [-0.2, 0) is 0 Å². The molecule has 0 heterocycles. The molecule has 2 nitrogen and oxygen atoms in total. The highest BCUT2D eigenvalue weighted by Crippen LogP contribution is 2.15. The quantitative estimate of drug-likeness (QED) is 0.715. The number of nitrogens with two attached hydrogens (primary N) is 1. The van der Waals surface area contributed by atoms with E-state index >= 15 is 0 Å². The highest BCUT2D eigenvalue weighted by atomic mass is 35.5. The van der Waals surface area contributed by atoms with Crippen molar-refractivity contribution in [3.05, 3.63) is 34.6 Å². The Labute approximate surface area is 74.1 Å². The number of Topliss-reactive ketones (excluding diaryl/α,β-unsaturated/α-hetero) is 1. The van der Waals surface area contributed by atoms with Crippen molar-refractivity contribution in [2.24, 2.45) is 5.73 Å². The van der Waals surface area contributed by atoms with Crippen LogP contribution in [0.4, 0.5) is 4.39 Å². The summed E-state index contributed by atoms with van der Waals surface area (Å²) in [6, 6.07) is 3.77. The summed E-state index contributed by atoms with van der Waals surface area (Å²) in [5.74, 6) is -0.790. The Morgan fingerprint density at radius 2 is 2.25 bits per heavy atom. The molecule has 0 saturated carbocycles. The van der Waals surface area contributed by atoms with Gasteiger partial charge in [0.25, 0.3) is 0 Å². The van der Waals surface area contributed by atoms with Crippen molar-refractivity contribution in [1.29, 1.82) is 0 Å². The third kappa shape index (κ3) is 1.81. The normalized spacial score (nSPS) is 9.92. The lowest BCUT2D eigenvalue weighted by molar-refractivity contribution is 0.100. The van der Waals surface area contributed by atoms with Crippen molar-refractivity contribution in [2.45, 2.75) is 0 Å². The number of halogens is 2. The van der Waals surface area contributed by atoms with E-state index in [9.17, 15) is 9.18 Å². The molecule has 0 aliphatic heterocycles. The minimum Gasteiger partial charge on any atom is -0.324 e. The predicted molar refractivity (Wildman–Crippen MR) is 44.8 cm³/mol. The summed E-state index contributed by atoms with van der Waals surface area (Å²) in [5.41, 5.74) is 5.44. The second kappa shape index (κ2) is 3.65. The second-order valence-electron chi connectivity index (χ2n) is 2.26. The van der Waals surface area contributed by atoms with Crippen molar-refractivity contribution in [3.8, 4) is 0 Å². The number of carbonyl (C=O) groups is 1. The topological polar surface area (TPSA) is 43.1 Å². The first-order chi connectivity index (χ1) is 5.65. The molecule has 1 aromatic carbocycles. The number of hydrogen-bond acceptors (Lipinski definition) is 2. The molecule has 0 atom stereocenters. The van der Waals surface area contributed by atoms with Gasteiger partial charge in [0, 0.05) is 5.56 Å². The van der Waals surface area contributed by atoms with Crippen LogP contribution in [0.5, 0.6) is 0 Å². The van der Waals surface area contributed by atoms with Crippen molar-refractivity contribution < 1.29 is 9.18 Å². The highest BCUT2D eigenvalue weighted by molar-refractivity contribution is 6.31. The maximum atomic E-state index is 12.6. The van der Waals surface area contributed by atoms with Crippen molar-refractivity contribution >= 4 is 17.4 Å². The fourth-order valence-corrected chi connectivity index (χ4v) is 0.968. The van der Waals surface area contributed by atoms with Gasteiger partial charge in [-0.3, -0.25) is 4.79 Å². The van der Waals surface area contributed by atoms with E-state index in [0.717, 1.165) is 6.07 Å². The van der Waals surface area contributed by atoms with E-state index in [4.69, 9.17) is 17.3 Å². The zero-order valence-electron chi connectivity index (χ0n) is 6.18. The Morgan fingerprint density at radius 3 is 2.75 bits per heavy atom. The minimum absolute atomic E-state index is 0.0608. The molecule has 0 amide bonds. The third-order valence-electron chi connectivity index (χ3n) is 1.43. The van der Waals surface area contributed by atoms with Crippen LogP contribution in [0.15, 0.2) is 18.2 Å². The van der Waals surface area contributed by atoms with Crippen LogP contribution in [0.1, 0.15) is 10.4 Å². The summed E-state index contributed by atoms with van der Waals surface area (Å²) in [7, 11) is 0. The molecule has 0 fully saturated rings. The van der Waals surface area contributed by atoms with E-state index in [1.807, 2.05) is 0 Å². The van der Waals surface area contributed by atoms with Crippen molar-refractivity contribution in [2.75, 3.05) is 6.54 Å². The van der Waals surface area contributed by atoms with Gasteiger partial charge < -0.3 is 5.73 Å². The molecule has 0 saturated heterocycles. The van der Waals surface area contributed by atoms with Gasteiger partial charge in [-0.05, 0) is 18.2 Å².